The van der Waals surface area contributed by atoms with Gasteiger partial charge < -0.3 is 9.72 Å². The highest BCUT2D eigenvalue weighted by atomic mass is 19.1. The molecule has 0 saturated heterocycles. The van der Waals surface area contributed by atoms with Gasteiger partial charge in [0.15, 0.2) is 5.65 Å². The Bertz CT molecular complexity index is 2220. The number of carbonyl (C=O) groups excluding carboxylic acids is 1. The summed E-state index contributed by atoms with van der Waals surface area (Å²) in [5.74, 6) is 5.18. The Morgan fingerprint density at radius 3 is 2.56 bits per heavy atom. The van der Waals surface area contributed by atoms with Crippen LogP contribution in [-0.2, 0) is 0 Å². The van der Waals surface area contributed by atoms with Crippen molar-refractivity contribution in [3.63, 3.8) is 0 Å². The molecule has 1 fully saturated rings. The van der Waals surface area contributed by atoms with Gasteiger partial charge in [-0.3, -0.25) is 19.1 Å². The first-order valence-electron chi connectivity index (χ1n) is 14.5. The minimum absolute atomic E-state index is 0.00345. The first kappa shape index (κ1) is 27.9. The van der Waals surface area contributed by atoms with Crippen LogP contribution in [0.2, 0.25) is 0 Å². The lowest BCUT2D eigenvalue weighted by molar-refractivity contribution is 0.0917. The maximum absolute atomic E-state index is 14.4. The highest BCUT2D eigenvalue weighted by Crippen LogP contribution is 2.28. The van der Waals surface area contributed by atoms with E-state index >= 15 is 0 Å². The van der Waals surface area contributed by atoms with Crippen molar-refractivity contribution in [3.05, 3.63) is 135 Å². The van der Waals surface area contributed by atoms with Crippen LogP contribution in [0.1, 0.15) is 53.3 Å². The second kappa shape index (κ2) is 11.7. The molecule has 5 aromatic heterocycles. The molecule has 0 spiro atoms. The van der Waals surface area contributed by atoms with Gasteiger partial charge in [0.2, 0.25) is 0 Å². The van der Waals surface area contributed by atoms with E-state index in [-0.39, 0.29) is 23.0 Å². The summed E-state index contributed by atoms with van der Waals surface area (Å²) in [6.45, 7) is 0. The molecule has 0 aliphatic heterocycles. The van der Waals surface area contributed by atoms with Crippen LogP contribution in [0, 0.1) is 17.7 Å². The largest absolute Gasteiger partial charge is 0.348 e. The summed E-state index contributed by atoms with van der Waals surface area (Å²) in [4.78, 5) is 53.3. The van der Waals surface area contributed by atoms with Crippen molar-refractivity contribution in [2.45, 2.75) is 37.8 Å². The van der Waals surface area contributed by atoms with Gasteiger partial charge in [-0.05, 0) is 74.2 Å². The van der Waals surface area contributed by atoms with Crippen molar-refractivity contribution in [2.24, 2.45) is 0 Å². The molecule has 0 radical (unpaired) electrons. The van der Waals surface area contributed by atoms with Crippen molar-refractivity contribution < 1.29 is 9.18 Å². The van der Waals surface area contributed by atoms with Crippen LogP contribution < -0.4 is 16.6 Å². The summed E-state index contributed by atoms with van der Waals surface area (Å²) in [7, 11) is 0. The van der Waals surface area contributed by atoms with Crippen LogP contribution in [0.3, 0.4) is 0 Å². The van der Waals surface area contributed by atoms with Gasteiger partial charge in [0, 0.05) is 48.0 Å². The molecule has 5 heterocycles. The second-order valence-corrected chi connectivity index (χ2v) is 10.9. The third-order valence-electron chi connectivity index (χ3n) is 8.00. The minimum atomic E-state index is -0.675. The van der Waals surface area contributed by atoms with E-state index in [0.29, 0.717) is 48.3 Å². The van der Waals surface area contributed by atoms with E-state index in [1.807, 2.05) is 36.5 Å². The summed E-state index contributed by atoms with van der Waals surface area (Å²) in [6, 6.07) is 16.7. The fraction of sp³-hybridized carbons (Fsp3) is 0.176. The van der Waals surface area contributed by atoms with E-state index in [1.54, 1.807) is 47.3 Å². The highest BCUT2D eigenvalue weighted by Gasteiger charge is 2.28. The number of hydrogen-bond acceptors (Lipinski definition) is 6. The number of pyridine rings is 3. The van der Waals surface area contributed by atoms with Crippen LogP contribution in [0.5, 0.6) is 0 Å². The van der Waals surface area contributed by atoms with Crippen LogP contribution in [0.25, 0.3) is 22.4 Å². The number of imidazole rings is 1. The van der Waals surface area contributed by atoms with Crippen molar-refractivity contribution in [3.8, 4) is 17.5 Å². The summed E-state index contributed by atoms with van der Waals surface area (Å²) >= 11 is 0. The predicted molar refractivity (Wildman–Crippen MR) is 166 cm³/mol. The first-order chi connectivity index (χ1) is 21.9. The SMILES string of the molecule is O=C(N[C@H]1CC[C@@H](n2c(=O)c3cc(F)cnc3n(-c3cccc(C#Cc4cccnc4)c3)c2=O)CC1)c1cn2ccccc2n1. The molecule has 1 N–H and O–H groups in total. The Balaban J connectivity index is 1.19. The summed E-state index contributed by atoms with van der Waals surface area (Å²) in [5, 5.41) is 3.04. The molecule has 1 aromatic carbocycles. The Labute approximate surface area is 255 Å². The molecular formula is C34H26FN7O3. The number of fused-ring (bicyclic) bond motifs is 2. The Morgan fingerprint density at radius 1 is 0.933 bits per heavy atom. The van der Waals surface area contributed by atoms with Crippen molar-refractivity contribution in [1.82, 2.24) is 33.8 Å². The van der Waals surface area contributed by atoms with Gasteiger partial charge in [-0.25, -0.2) is 23.7 Å². The van der Waals surface area contributed by atoms with E-state index in [0.717, 1.165) is 17.8 Å². The molecule has 222 valence electrons. The second-order valence-electron chi connectivity index (χ2n) is 10.9. The van der Waals surface area contributed by atoms with Crippen LogP contribution >= 0.6 is 0 Å². The molecule has 45 heavy (non-hydrogen) atoms. The molecule has 1 aliphatic carbocycles. The third kappa shape index (κ3) is 5.49. The van der Waals surface area contributed by atoms with Gasteiger partial charge >= 0.3 is 5.69 Å². The van der Waals surface area contributed by atoms with Gasteiger partial charge in [0.1, 0.15) is 17.2 Å². The Morgan fingerprint density at radius 2 is 1.76 bits per heavy atom. The highest BCUT2D eigenvalue weighted by molar-refractivity contribution is 5.93. The molecule has 7 rings (SSSR count). The van der Waals surface area contributed by atoms with E-state index in [9.17, 15) is 18.8 Å². The molecule has 6 aromatic rings. The standard InChI is InChI=1S/C34H26FN7O3/c35-24-18-28-31(37-20-24)41(27-7-3-5-22(17-27)9-10-23-6-4-15-36-19-23)34(45)42(33(28)44)26-13-11-25(12-14-26)38-32(43)29-21-40-16-2-1-8-30(40)39-29/h1-8,15-21,25-26H,11-14H2,(H,38,43)/t25-,26+. The molecule has 0 bridgehead atoms. The van der Waals surface area contributed by atoms with Gasteiger partial charge in [-0.1, -0.05) is 24.0 Å². The number of nitrogens with one attached hydrogen (secondary N) is 1. The fourth-order valence-electron chi connectivity index (χ4n) is 5.82. The topological polar surface area (TPSA) is 116 Å². The number of rotatable bonds is 4. The van der Waals surface area contributed by atoms with Crippen LogP contribution in [0.4, 0.5) is 4.39 Å². The van der Waals surface area contributed by atoms with Crippen LogP contribution in [0.15, 0.2) is 101 Å². The number of amides is 1. The number of carbonyl (C=O) groups is 1. The Kier molecular flexibility index (Phi) is 7.23. The molecule has 10 nitrogen and oxygen atoms in total. The zero-order chi connectivity index (χ0) is 30.9. The fourth-order valence-corrected chi connectivity index (χ4v) is 5.82. The summed E-state index contributed by atoms with van der Waals surface area (Å²) in [6.07, 6.45) is 9.86. The monoisotopic (exact) mass is 599 g/mol. The lowest BCUT2D eigenvalue weighted by Crippen LogP contribution is -2.45. The number of benzene rings is 1. The van der Waals surface area contributed by atoms with Crippen molar-refractivity contribution >= 4 is 22.6 Å². The molecule has 0 unspecified atom stereocenters. The zero-order valence-electron chi connectivity index (χ0n) is 23.9. The zero-order valence-corrected chi connectivity index (χ0v) is 23.9. The molecule has 0 atom stereocenters. The molecule has 1 aliphatic rings. The average molecular weight is 600 g/mol. The normalized spacial score (nSPS) is 16.3. The van der Waals surface area contributed by atoms with Gasteiger partial charge in [-0.15, -0.1) is 0 Å². The maximum Gasteiger partial charge on any atom is 0.337 e. The van der Waals surface area contributed by atoms with Crippen molar-refractivity contribution in [2.75, 3.05) is 0 Å². The number of aromatic nitrogens is 6. The van der Waals surface area contributed by atoms with E-state index in [2.05, 4.69) is 32.1 Å². The molecular weight excluding hydrogens is 573 g/mol. The molecule has 11 heteroatoms. The molecule has 1 amide bonds. The smallest absolute Gasteiger partial charge is 0.337 e. The minimum Gasteiger partial charge on any atom is -0.348 e. The van der Waals surface area contributed by atoms with Gasteiger partial charge in [0.05, 0.1) is 17.3 Å². The number of hydrogen-bond donors (Lipinski definition) is 1. The number of halogens is 1. The maximum atomic E-state index is 14.4. The number of nitrogens with zero attached hydrogens (tertiary/aromatic N) is 6. The molecule has 1 saturated carbocycles. The third-order valence-corrected chi connectivity index (χ3v) is 8.00. The lowest BCUT2D eigenvalue weighted by Gasteiger charge is -2.30. The van der Waals surface area contributed by atoms with Gasteiger partial charge in [-0.2, -0.15) is 0 Å². The Hall–Kier alpha value is -5.89. The average Bonchev–Trinajstić information content (AvgIpc) is 3.51. The van der Waals surface area contributed by atoms with E-state index in [4.69, 9.17) is 0 Å². The van der Waals surface area contributed by atoms with Crippen molar-refractivity contribution in [1.29, 1.82) is 0 Å². The first-order valence-corrected chi connectivity index (χ1v) is 14.5. The van der Waals surface area contributed by atoms with E-state index < -0.39 is 23.1 Å². The lowest BCUT2D eigenvalue weighted by atomic mass is 9.90. The quantitative estimate of drug-likeness (QED) is 0.306. The van der Waals surface area contributed by atoms with Crippen LogP contribution in [-0.4, -0.2) is 40.4 Å². The van der Waals surface area contributed by atoms with Gasteiger partial charge in [0.25, 0.3) is 11.5 Å². The predicted octanol–water partition coefficient (Wildman–Crippen LogP) is 4.04. The summed E-state index contributed by atoms with van der Waals surface area (Å²) in [5.41, 5.74) is 1.72. The van der Waals surface area contributed by atoms with E-state index in [1.165, 1.54) is 9.13 Å². The summed E-state index contributed by atoms with van der Waals surface area (Å²) < 4.78 is 18.7.